The molecule has 0 aliphatic rings. The molecule has 3 aromatic rings. The van der Waals surface area contributed by atoms with Crippen LogP contribution in [0.2, 0.25) is 0 Å². The van der Waals surface area contributed by atoms with Crippen LogP contribution in [-0.4, -0.2) is 11.5 Å². The fourth-order valence-corrected chi connectivity index (χ4v) is 3.57. The Morgan fingerprint density at radius 2 is 2.05 bits per heavy atom. The second-order valence-corrected chi connectivity index (χ2v) is 6.15. The number of para-hydroxylation sites is 1. The summed E-state index contributed by atoms with van der Waals surface area (Å²) in [7, 11) is 0. The number of pyridine rings is 1. The van der Waals surface area contributed by atoms with Gasteiger partial charge in [-0.05, 0) is 42.5 Å². The maximum atomic E-state index is 4.52. The van der Waals surface area contributed by atoms with Crippen LogP contribution < -0.4 is 5.32 Å². The molecule has 0 saturated carbocycles. The van der Waals surface area contributed by atoms with E-state index in [0.717, 1.165) is 24.9 Å². The number of benzene rings is 1. The standard InChI is InChI=1S/C18H20N2S/c1-2-16(17-9-5-13-21-17)19-12-10-15-7-3-6-14-8-4-11-20-18(14)15/h3-9,11,13,16,19H,2,10,12H2,1H3. The summed E-state index contributed by atoms with van der Waals surface area (Å²) in [5.41, 5.74) is 2.45. The zero-order valence-electron chi connectivity index (χ0n) is 12.3. The normalized spacial score (nSPS) is 12.6. The minimum Gasteiger partial charge on any atom is -0.309 e. The van der Waals surface area contributed by atoms with E-state index < -0.39 is 0 Å². The Balaban J connectivity index is 1.67. The minimum absolute atomic E-state index is 0.466. The third-order valence-corrected chi connectivity index (χ3v) is 4.78. The van der Waals surface area contributed by atoms with Gasteiger partial charge in [0.15, 0.2) is 0 Å². The molecule has 1 unspecified atom stereocenters. The quantitative estimate of drug-likeness (QED) is 0.720. The molecule has 3 heteroatoms. The maximum Gasteiger partial charge on any atom is 0.0734 e. The molecule has 2 nitrogen and oxygen atoms in total. The predicted octanol–water partition coefficient (Wildman–Crippen LogP) is 4.58. The Morgan fingerprint density at radius 3 is 2.86 bits per heavy atom. The molecule has 2 aromatic heterocycles. The van der Waals surface area contributed by atoms with Crippen LogP contribution in [0.5, 0.6) is 0 Å². The highest BCUT2D eigenvalue weighted by Gasteiger charge is 2.09. The number of rotatable bonds is 6. The first-order valence-electron chi connectivity index (χ1n) is 7.48. The van der Waals surface area contributed by atoms with Crippen molar-refractivity contribution in [3.8, 4) is 0 Å². The number of aromatic nitrogens is 1. The Morgan fingerprint density at radius 1 is 1.14 bits per heavy atom. The van der Waals surface area contributed by atoms with Crippen molar-refractivity contribution in [3.63, 3.8) is 0 Å². The molecule has 3 rings (SSSR count). The number of nitrogens with one attached hydrogen (secondary N) is 1. The van der Waals surface area contributed by atoms with Crippen LogP contribution in [0.4, 0.5) is 0 Å². The summed E-state index contributed by atoms with van der Waals surface area (Å²) < 4.78 is 0. The lowest BCUT2D eigenvalue weighted by molar-refractivity contribution is 0.530. The molecule has 1 N–H and O–H groups in total. The van der Waals surface area contributed by atoms with E-state index in [1.54, 1.807) is 0 Å². The molecular weight excluding hydrogens is 276 g/mol. The molecule has 21 heavy (non-hydrogen) atoms. The van der Waals surface area contributed by atoms with Crippen LogP contribution in [-0.2, 0) is 6.42 Å². The zero-order valence-corrected chi connectivity index (χ0v) is 13.1. The van der Waals surface area contributed by atoms with Crippen LogP contribution in [0.15, 0.2) is 54.0 Å². The molecule has 0 aliphatic heterocycles. The summed E-state index contributed by atoms with van der Waals surface area (Å²) in [5.74, 6) is 0. The highest BCUT2D eigenvalue weighted by Crippen LogP contribution is 2.22. The molecule has 0 amide bonds. The Kier molecular flexibility index (Phi) is 4.63. The minimum atomic E-state index is 0.466. The average Bonchev–Trinajstić information content (AvgIpc) is 3.06. The first-order chi connectivity index (χ1) is 10.4. The van der Waals surface area contributed by atoms with E-state index in [0.29, 0.717) is 6.04 Å². The monoisotopic (exact) mass is 296 g/mol. The van der Waals surface area contributed by atoms with E-state index in [1.807, 2.05) is 23.6 Å². The van der Waals surface area contributed by atoms with Crippen molar-refractivity contribution >= 4 is 22.2 Å². The van der Waals surface area contributed by atoms with Crippen LogP contribution in [0.1, 0.15) is 29.8 Å². The van der Waals surface area contributed by atoms with Crippen molar-refractivity contribution in [3.05, 3.63) is 64.5 Å². The molecule has 1 aromatic carbocycles. The van der Waals surface area contributed by atoms with Gasteiger partial charge >= 0.3 is 0 Å². The lowest BCUT2D eigenvalue weighted by Crippen LogP contribution is -2.22. The van der Waals surface area contributed by atoms with Crippen molar-refractivity contribution in [1.29, 1.82) is 0 Å². The third-order valence-electron chi connectivity index (χ3n) is 3.80. The molecule has 0 fully saturated rings. The van der Waals surface area contributed by atoms with Gasteiger partial charge in [-0.1, -0.05) is 37.3 Å². The van der Waals surface area contributed by atoms with Gasteiger partial charge in [0.1, 0.15) is 0 Å². The van der Waals surface area contributed by atoms with Gasteiger partial charge in [0, 0.05) is 22.5 Å². The van der Waals surface area contributed by atoms with Crippen molar-refractivity contribution < 1.29 is 0 Å². The fourth-order valence-electron chi connectivity index (χ4n) is 2.69. The average molecular weight is 296 g/mol. The van der Waals surface area contributed by atoms with E-state index in [9.17, 15) is 0 Å². The van der Waals surface area contributed by atoms with Gasteiger partial charge in [-0.25, -0.2) is 0 Å². The van der Waals surface area contributed by atoms with Gasteiger partial charge in [0.25, 0.3) is 0 Å². The van der Waals surface area contributed by atoms with Crippen molar-refractivity contribution in [2.24, 2.45) is 0 Å². The Bertz CT molecular complexity index is 686. The smallest absolute Gasteiger partial charge is 0.0734 e. The first-order valence-corrected chi connectivity index (χ1v) is 8.36. The van der Waals surface area contributed by atoms with Gasteiger partial charge in [-0.2, -0.15) is 0 Å². The number of thiophene rings is 1. The highest BCUT2D eigenvalue weighted by atomic mass is 32.1. The molecule has 0 saturated heterocycles. The van der Waals surface area contributed by atoms with Crippen molar-refractivity contribution in [1.82, 2.24) is 10.3 Å². The van der Waals surface area contributed by atoms with Gasteiger partial charge < -0.3 is 5.32 Å². The SMILES string of the molecule is CCC(NCCc1cccc2cccnc12)c1cccs1. The lowest BCUT2D eigenvalue weighted by atomic mass is 10.1. The molecule has 108 valence electrons. The third kappa shape index (κ3) is 3.31. The second kappa shape index (κ2) is 6.83. The number of hydrogen-bond donors (Lipinski definition) is 1. The maximum absolute atomic E-state index is 4.52. The van der Waals surface area contributed by atoms with Crippen LogP contribution in [0.3, 0.4) is 0 Å². The second-order valence-electron chi connectivity index (χ2n) is 5.17. The van der Waals surface area contributed by atoms with E-state index in [2.05, 4.69) is 59.0 Å². The van der Waals surface area contributed by atoms with Gasteiger partial charge in [-0.3, -0.25) is 4.98 Å². The Labute approximate surface area is 129 Å². The summed E-state index contributed by atoms with van der Waals surface area (Å²) in [6, 6.07) is 15.4. The summed E-state index contributed by atoms with van der Waals surface area (Å²) in [6.07, 6.45) is 4.00. The summed E-state index contributed by atoms with van der Waals surface area (Å²) >= 11 is 1.83. The lowest BCUT2D eigenvalue weighted by Gasteiger charge is -2.15. The number of fused-ring (bicyclic) bond motifs is 1. The largest absolute Gasteiger partial charge is 0.309 e. The molecule has 0 bridgehead atoms. The van der Waals surface area contributed by atoms with E-state index >= 15 is 0 Å². The molecule has 0 radical (unpaired) electrons. The summed E-state index contributed by atoms with van der Waals surface area (Å²) in [6.45, 7) is 3.21. The molecular formula is C18H20N2S. The van der Waals surface area contributed by atoms with E-state index in [1.165, 1.54) is 15.8 Å². The molecule has 0 spiro atoms. The number of hydrogen-bond acceptors (Lipinski definition) is 3. The first kappa shape index (κ1) is 14.2. The van der Waals surface area contributed by atoms with Crippen molar-refractivity contribution in [2.45, 2.75) is 25.8 Å². The van der Waals surface area contributed by atoms with Crippen LogP contribution in [0, 0.1) is 0 Å². The van der Waals surface area contributed by atoms with Crippen molar-refractivity contribution in [2.75, 3.05) is 6.54 Å². The molecule has 2 heterocycles. The number of nitrogens with zero attached hydrogens (tertiary/aromatic N) is 1. The predicted molar refractivity (Wildman–Crippen MR) is 90.8 cm³/mol. The van der Waals surface area contributed by atoms with Gasteiger partial charge in [-0.15, -0.1) is 11.3 Å². The van der Waals surface area contributed by atoms with E-state index in [4.69, 9.17) is 0 Å². The highest BCUT2D eigenvalue weighted by molar-refractivity contribution is 7.10. The summed E-state index contributed by atoms with van der Waals surface area (Å²) in [4.78, 5) is 5.95. The van der Waals surface area contributed by atoms with Gasteiger partial charge in [0.05, 0.1) is 5.52 Å². The molecule has 1 atom stereocenters. The molecule has 0 aliphatic carbocycles. The fraction of sp³-hybridized carbons (Fsp3) is 0.278. The van der Waals surface area contributed by atoms with E-state index in [-0.39, 0.29) is 0 Å². The topological polar surface area (TPSA) is 24.9 Å². The zero-order chi connectivity index (χ0) is 14.5. The Hall–Kier alpha value is -1.71. The van der Waals surface area contributed by atoms with Gasteiger partial charge in [0.2, 0.25) is 0 Å². The van der Waals surface area contributed by atoms with Crippen LogP contribution >= 0.6 is 11.3 Å². The van der Waals surface area contributed by atoms with Crippen LogP contribution in [0.25, 0.3) is 10.9 Å². The summed E-state index contributed by atoms with van der Waals surface area (Å²) in [5, 5.41) is 7.04.